The van der Waals surface area contributed by atoms with E-state index in [-0.39, 0.29) is 23.5 Å². The van der Waals surface area contributed by atoms with E-state index in [4.69, 9.17) is 4.74 Å². The van der Waals surface area contributed by atoms with Crippen molar-refractivity contribution in [3.05, 3.63) is 10.1 Å². The third-order valence-electron chi connectivity index (χ3n) is 3.00. The molecular weight excluding hydrogens is 328 g/mol. The van der Waals surface area contributed by atoms with Gasteiger partial charge in [0, 0.05) is 35.4 Å². The van der Waals surface area contributed by atoms with Gasteiger partial charge in [0.25, 0.3) is 0 Å². The predicted octanol–water partition coefficient (Wildman–Crippen LogP) is 1.46. The number of hydrogen-bond donors (Lipinski definition) is 0. The minimum absolute atomic E-state index is 0.0129. The number of nitrogens with zero attached hydrogens (tertiary/aromatic N) is 4. The lowest BCUT2D eigenvalue weighted by Crippen LogP contribution is -2.38. The Kier molecular flexibility index (Phi) is 5.57. The standard InChI is InChI=1S/C12H18N4O4S2/c1-8(2)20-11-9(16(17)18)10(13-12(14-11)21-3)15-4-6-22(19)7-5-15/h8H,4-7H2,1-3H3. The molecule has 1 saturated heterocycles. The molecule has 8 nitrogen and oxygen atoms in total. The lowest BCUT2D eigenvalue weighted by Gasteiger charge is -2.27. The molecule has 1 aliphatic rings. The first-order valence-electron chi connectivity index (χ1n) is 6.79. The predicted molar refractivity (Wildman–Crippen MR) is 86.3 cm³/mol. The van der Waals surface area contributed by atoms with Crippen molar-refractivity contribution in [2.45, 2.75) is 25.1 Å². The number of aromatic nitrogens is 2. The quantitative estimate of drug-likeness (QED) is 0.342. The Labute approximate surface area is 135 Å². The molecule has 0 amide bonds. The Balaban J connectivity index is 2.49. The van der Waals surface area contributed by atoms with E-state index in [0.717, 1.165) is 0 Å². The van der Waals surface area contributed by atoms with Crippen molar-refractivity contribution < 1.29 is 13.9 Å². The van der Waals surface area contributed by atoms with Crippen LogP contribution in [0.2, 0.25) is 0 Å². The number of nitro groups is 1. The summed E-state index contributed by atoms with van der Waals surface area (Å²) in [7, 11) is -0.865. The molecule has 0 saturated carbocycles. The Morgan fingerprint density at radius 1 is 1.36 bits per heavy atom. The number of hydrogen-bond acceptors (Lipinski definition) is 8. The fourth-order valence-electron chi connectivity index (χ4n) is 2.03. The number of thioether (sulfide) groups is 1. The Hall–Kier alpha value is -1.42. The summed E-state index contributed by atoms with van der Waals surface area (Å²) in [5.74, 6) is 1.20. The van der Waals surface area contributed by atoms with Crippen molar-refractivity contribution in [3.8, 4) is 5.88 Å². The van der Waals surface area contributed by atoms with E-state index in [2.05, 4.69) is 9.97 Å². The van der Waals surface area contributed by atoms with Crippen molar-refractivity contribution in [2.75, 3.05) is 35.8 Å². The van der Waals surface area contributed by atoms with Crippen LogP contribution in [0.25, 0.3) is 0 Å². The van der Waals surface area contributed by atoms with Gasteiger partial charge in [-0.05, 0) is 20.1 Å². The van der Waals surface area contributed by atoms with Gasteiger partial charge < -0.3 is 9.64 Å². The number of anilines is 1. The summed E-state index contributed by atoms with van der Waals surface area (Å²) in [4.78, 5) is 21.2. The van der Waals surface area contributed by atoms with Crippen molar-refractivity contribution in [2.24, 2.45) is 0 Å². The van der Waals surface area contributed by atoms with Crippen LogP contribution < -0.4 is 9.64 Å². The van der Waals surface area contributed by atoms with E-state index >= 15 is 0 Å². The van der Waals surface area contributed by atoms with Crippen LogP contribution in [0.1, 0.15) is 13.8 Å². The molecule has 0 spiro atoms. The van der Waals surface area contributed by atoms with Gasteiger partial charge in [0.15, 0.2) is 5.16 Å². The highest BCUT2D eigenvalue weighted by Gasteiger charge is 2.31. The van der Waals surface area contributed by atoms with Crippen LogP contribution in [0.5, 0.6) is 5.88 Å². The third kappa shape index (κ3) is 3.86. The molecule has 0 radical (unpaired) electrons. The third-order valence-corrected chi connectivity index (χ3v) is 4.83. The average molecular weight is 346 g/mol. The first kappa shape index (κ1) is 16.9. The summed E-state index contributed by atoms with van der Waals surface area (Å²) in [6.45, 7) is 4.52. The molecule has 1 aromatic rings. The fourth-order valence-corrected chi connectivity index (χ4v) is 3.43. The molecule has 1 fully saturated rings. The van der Waals surface area contributed by atoms with Gasteiger partial charge in [-0.3, -0.25) is 14.3 Å². The largest absolute Gasteiger partial charge is 0.470 e. The summed E-state index contributed by atoms with van der Waals surface area (Å²) in [6, 6.07) is 0. The van der Waals surface area contributed by atoms with E-state index in [9.17, 15) is 14.3 Å². The van der Waals surface area contributed by atoms with Crippen molar-refractivity contribution in [3.63, 3.8) is 0 Å². The highest BCUT2D eigenvalue weighted by Crippen LogP contribution is 2.36. The minimum atomic E-state index is -0.865. The molecule has 0 aliphatic carbocycles. The second kappa shape index (κ2) is 7.23. The molecule has 1 aliphatic heterocycles. The highest BCUT2D eigenvalue weighted by atomic mass is 32.2. The summed E-state index contributed by atoms with van der Waals surface area (Å²) in [6.07, 6.45) is 1.57. The molecule has 2 rings (SSSR count). The highest BCUT2D eigenvalue weighted by molar-refractivity contribution is 7.98. The van der Waals surface area contributed by atoms with E-state index < -0.39 is 15.7 Å². The normalized spacial score (nSPS) is 16.1. The molecular formula is C12H18N4O4S2. The van der Waals surface area contributed by atoms with Crippen LogP contribution in [0.15, 0.2) is 5.16 Å². The second-order valence-corrected chi connectivity index (χ2v) is 7.42. The molecule has 0 aromatic carbocycles. The molecule has 0 atom stereocenters. The lowest BCUT2D eigenvalue weighted by molar-refractivity contribution is -0.385. The summed E-state index contributed by atoms with van der Waals surface area (Å²) >= 11 is 1.30. The van der Waals surface area contributed by atoms with Crippen molar-refractivity contribution >= 4 is 34.1 Å². The Morgan fingerprint density at radius 3 is 2.50 bits per heavy atom. The minimum Gasteiger partial charge on any atom is -0.470 e. The Morgan fingerprint density at radius 2 is 2.00 bits per heavy atom. The van der Waals surface area contributed by atoms with Gasteiger partial charge in [-0.2, -0.15) is 9.97 Å². The summed E-state index contributed by atoms with van der Waals surface area (Å²) in [5.41, 5.74) is -0.223. The van der Waals surface area contributed by atoms with E-state index in [1.165, 1.54) is 11.8 Å². The first-order chi connectivity index (χ1) is 10.4. The van der Waals surface area contributed by atoms with E-state index in [1.807, 2.05) is 0 Å². The maximum Gasteiger partial charge on any atom is 0.373 e. The van der Waals surface area contributed by atoms with Crippen LogP contribution >= 0.6 is 11.8 Å². The van der Waals surface area contributed by atoms with E-state index in [1.54, 1.807) is 25.0 Å². The summed E-state index contributed by atoms with van der Waals surface area (Å²) < 4.78 is 17.0. The lowest BCUT2D eigenvalue weighted by atomic mass is 10.3. The van der Waals surface area contributed by atoms with Gasteiger partial charge >= 0.3 is 11.6 Å². The van der Waals surface area contributed by atoms with Crippen LogP contribution in [-0.2, 0) is 10.8 Å². The van der Waals surface area contributed by atoms with Crippen LogP contribution in [0.3, 0.4) is 0 Å². The smallest absolute Gasteiger partial charge is 0.373 e. The fraction of sp³-hybridized carbons (Fsp3) is 0.667. The number of rotatable bonds is 5. The van der Waals surface area contributed by atoms with Gasteiger partial charge in [0.1, 0.15) is 0 Å². The molecule has 22 heavy (non-hydrogen) atoms. The molecule has 2 heterocycles. The maximum absolute atomic E-state index is 11.5. The van der Waals surface area contributed by atoms with Crippen LogP contribution in [-0.4, -0.2) is 56.1 Å². The van der Waals surface area contributed by atoms with Gasteiger partial charge in [0.05, 0.1) is 11.0 Å². The monoisotopic (exact) mass is 346 g/mol. The zero-order valence-electron chi connectivity index (χ0n) is 12.6. The summed E-state index contributed by atoms with van der Waals surface area (Å²) in [5, 5.41) is 11.9. The molecule has 10 heteroatoms. The van der Waals surface area contributed by atoms with Crippen molar-refractivity contribution in [1.29, 1.82) is 0 Å². The van der Waals surface area contributed by atoms with Crippen LogP contribution in [0, 0.1) is 10.1 Å². The molecule has 0 bridgehead atoms. The zero-order valence-corrected chi connectivity index (χ0v) is 14.3. The molecule has 122 valence electrons. The molecule has 0 unspecified atom stereocenters. The number of ether oxygens (including phenoxy) is 1. The zero-order chi connectivity index (χ0) is 16.3. The van der Waals surface area contributed by atoms with Crippen molar-refractivity contribution in [1.82, 2.24) is 9.97 Å². The van der Waals surface area contributed by atoms with Gasteiger partial charge in [-0.1, -0.05) is 11.8 Å². The topological polar surface area (TPSA) is 98.5 Å². The second-order valence-electron chi connectivity index (χ2n) is 4.95. The average Bonchev–Trinajstić information content (AvgIpc) is 2.46. The van der Waals surface area contributed by atoms with Gasteiger partial charge in [-0.25, -0.2) is 0 Å². The Bertz CT molecular complexity index is 587. The maximum atomic E-state index is 11.5. The van der Waals surface area contributed by atoms with Gasteiger partial charge in [-0.15, -0.1) is 0 Å². The van der Waals surface area contributed by atoms with Gasteiger partial charge in [0.2, 0.25) is 5.82 Å². The van der Waals surface area contributed by atoms with E-state index in [0.29, 0.717) is 29.8 Å². The van der Waals surface area contributed by atoms with Crippen LogP contribution in [0.4, 0.5) is 11.5 Å². The molecule has 0 N–H and O–H groups in total. The molecule has 1 aromatic heterocycles. The first-order valence-corrected chi connectivity index (χ1v) is 9.50. The SMILES string of the molecule is CSc1nc(OC(C)C)c([N+](=O)[O-])c(N2CCS(=O)CC2)n1.